The molecule has 1 atom stereocenters. The van der Waals surface area contributed by atoms with Crippen LogP contribution in [-0.2, 0) is 4.79 Å². The van der Waals surface area contributed by atoms with E-state index in [1.54, 1.807) is 0 Å². The Kier molecular flexibility index (Phi) is 6.31. The lowest BCUT2D eigenvalue weighted by atomic mass is 9.80. The molecule has 1 saturated heterocycles. The monoisotopic (exact) mass is 268 g/mol. The summed E-state index contributed by atoms with van der Waals surface area (Å²) in [5.74, 6) is 1.46. The summed E-state index contributed by atoms with van der Waals surface area (Å²) in [7, 11) is 0. The normalized spacial score (nSPS) is 19.2. The van der Waals surface area contributed by atoms with E-state index in [0.29, 0.717) is 24.2 Å². The number of carbonyl (C=O) groups excluding carboxylic acids is 1. The lowest BCUT2D eigenvalue weighted by Gasteiger charge is -2.32. The predicted octanol–water partition coefficient (Wildman–Crippen LogP) is 2.91. The first kappa shape index (κ1) is 16.5. The molecule has 0 bridgehead atoms. The number of carbonyl (C=O) groups is 1. The third-order valence-corrected chi connectivity index (χ3v) is 4.63. The Morgan fingerprint density at radius 2 is 1.89 bits per heavy atom. The van der Waals surface area contributed by atoms with Crippen molar-refractivity contribution in [3.63, 3.8) is 0 Å². The predicted molar refractivity (Wildman–Crippen MR) is 81.1 cm³/mol. The summed E-state index contributed by atoms with van der Waals surface area (Å²) in [6, 6.07) is 0. The van der Waals surface area contributed by atoms with Crippen LogP contribution in [0.2, 0.25) is 0 Å². The largest absolute Gasteiger partial charge is 0.343 e. The maximum absolute atomic E-state index is 12.4. The van der Waals surface area contributed by atoms with Crippen LogP contribution in [-0.4, -0.2) is 37.0 Å². The van der Waals surface area contributed by atoms with Crippen LogP contribution in [0.5, 0.6) is 0 Å². The Bertz CT molecular complexity index is 277. The number of amides is 1. The van der Waals surface area contributed by atoms with Crippen LogP contribution in [0.1, 0.15) is 53.9 Å². The Labute approximate surface area is 119 Å². The molecule has 0 spiro atoms. The van der Waals surface area contributed by atoms with Gasteiger partial charge in [-0.25, -0.2) is 0 Å². The number of hydrogen-bond acceptors (Lipinski definition) is 2. The van der Waals surface area contributed by atoms with Gasteiger partial charge in [-0.3, -0.25) is 4.79 Å². The van der Waals surface area contributed by atoms with Crippen molar-refractivity contribution in [1.29, 1.82) is 0 Å². The Morgan fingerprint density at radius 3 is 2.37 bits per heavy atom. The SMILES string of the molecule is CCN(CC1CCNCC1)C(=O)CC(C)C(C)(C)C. The minimum atomic E-state index is 0.212. The Morgan fingerprint density at radius 1 is 1.32 bits per heavy atom. The van der Waals surface area contributed by atoms with Gasteiger partial charge in [0.05, 0.1) is 0 Å². The highest BCUT2D eigenvalue weighted by Crippen LogP contribution is 2.28. The summed E-state index contributed by atoms with van der Waals surface area (Å²) in [4.78, 5) is 14.5. The van der Waals surface area contributed by atoms with Crippen molar-refractivity contribution in [2.75, 3.05) is 26.2 Å². The van der Waals surface area contributed by atoms with Crippen molar-refractivity contribution in [1.82, 2.24) is 10.2 Å². The maximum atomic E-state index is 12.4. The highest BCUT2D eigenvalue weighted by Gasteiger charge is 2.26. The van der Waals surface area contributed by atoms with E-state index in [2.05, 4.69) is 44.8 Å². The molecule has 0 aliphatic carbocycles. The summed E-state index contributed by atoms with van der Waals surface area (Å²) in [6.45, 7) is 14.9. The molecule has 0 aromatic heterocycles. The van der Waals surface area contributed by atoms with Crippen LogP contribution >= 0.6 is 0 Å². The summed E-state index contributed by atoms with van der Waals surface area (Å²) in [6.07, 6.45) is 3.10. The first-order valence-corrected chi connectivity index (χ1v) is 7.83. The first-order valence-electron chi connectivity index (χ1n) is 7.83. The summed E-state index contributed by atoms with van der Waals surface area (Å²) >= 11 is 0. The fourth-order valence-electron chi connectivity index (χ4n) is 2.48. The third kappa shape index (κ3) is 5.52. The van der Waals surface area contributed by atoms with Crippen LogP contribution in [0, 0.1) is 17.3 Å². The van der Waals surface area contributed by atoms with Gasteiger partial charge in [0.25, 0.3) is 0 Å². The number of nitrogens with zero attached hydrogens (tertiary/aromatic N) is 1. The van der Waals surface area contributed by atoms with E-state index >= 15 is 0 Å². The molecule has 0 aromatic carbocycles. The topological polar surface area (TPSA) is 32.3 Å². The van der Waals surface area contributed by atoms with E-state index in [1.165, 1.54) is 12.8 Å². The molecule has 112 valence electrons. The molecule has 1 N–H and O–H groups in total. The van der Waals surface area contributed by atoms with Crippen molar-refractivity contribution in [3.8, 4) is 0 Å². The molecule has 1 unspecified atom stereocenters. The second kappa shape index (κ2) is 7.28. The molecule has 1 heterocycles. The highest BCUT2D eigenvalue weighted by atomic mass is 16.2. The number of piperidine rings is 1. The van der Waals surface area contributed by atoms with E-state index in [0.717, 1.165) is 26.2 Å². The van der Waals surface area contributed by atoms with Gasteiger partial charge in [-0.05, 0) is 50.1 Å². The molecule has 1 fully saturated rings. The zero-order chi connectivity index (χ0) is 14.5. The molecule has 0 saturated carbocycles. The zero-order valence-corrected chi connectivity index (χ0v) is 13.5. The van der Waals surface area contributed by atoms with Gasteiger partial charge in [-0.2, -0.15) is 0 Å². The molecular formula is C16H32N2O. The van der Waals surface area contributed by atoms with E-state index in [9.17, 15) is 4.79 Å². The molecule has 1 aliphatic heterocycles. The van der Waals surface area contributed by atoms with Gasteiger partial charge in [0.15, 0.2) is 0 Å². The van der Waals surface area contributed by atoms with E-state index in [-0.39, 0.29) is 5.41 Å². The summed E-state index contributed by atoms with van der Waals surface area (Å²) in [5, 5.41) is 3.38. The first-order chi connectivity index (χ1) is 8.84. The molecule has 19 heavy (non-hydrogen) atoms. The summed E-state index contributed by atoms with van der Waals surface area (Å²) < 4.78 is 0. The van der Waals surface area contributed by atoms with Crippen molar-refractivity contribution in [2.45, 2.75) is 53.9 Å². The maximum Gasteiger partial charge on any atom is 0.222 e. The fourth-order valence-corrected chi connectivity index (χ4v) is 2.48. The Hall–Kier alpha value is -0.570. The van der Waals surface area contributed by atoms with Gasteiger partial charge in [-0.15, -0.1) is 0 Å². The van der Waals surface area contributed by atoms with E-state index < -0.39 is 0 Å². The third-order valence-electron chi connectivity index (χ3n) is 4.63. The molecule has 3 nitrogen and oxygen atoms in total. The van der Waals surface area contributed by atoms with Crippen molar-refractivity contribution < 1.29 is 4.79 Å². The molecule has 3 heteroatoms. The highest BCUT2D eigenvalue weighted by molar-refractivity contribution is 5.76. The second-order valence-corrected chi connectivity index (χ2v) is 7.10. The standard InChI is InChI=1S/C16H32N2O/c1-6-18(12-14-7-9-17-10-8-14)15(19)11-13(2)16(3,4)5/h13-14,17H,6-12H2,1-5H3. The van der Waals surface area contributed by atoms with Gasteiger partial charge >= 0.3 is 0 Å². The average molecular weight is 268 g/mol. The number of hydrogen-bond donors (Lipinski definition) is 1. The van der Waals surface area contributed by atoms with E-state index in [1.807, 2.05) is 0 Å². The van der Waals surface area contributed by atoms with Crippen LogP contribution in [0.15, 0.2) is 0 Å². The van der Waals surface area contributed by atoms with E-state index in [4.69, 9.17) is 0 Å². The lowest BCUT2D eigenvalue weighted by Crippen LogP contribution is -2.40. The fraction of sp³-hybridized carbons (Fsp3) is 0.938. The van der Waals surface area contributed by atoms with Crippen molar-refractivity contribution in [3.05, 3.63) is 0 Å². The minimum absolute atomic E-state index is 0.212. The van der Waals surface area contributed by atoms with Gasteiger partial charge in [0, 0.05) is 19.5 Å². The number of rotatable bonds is 5. The van der Waals surface area contributed by atoms with Crippen LogP contribution in [0.25, 0.3) is 0 Å². The van der Waals surface area contributed by atoms with Gasteiger partial charge in [-0.1, -0.05) is 27.7 Å². The average Bonchev–Trinajstić information content (AvgIpc) is 2.35. The molecule has 1 amide bonds. The molecular weight excluding hydrogens is 236 g/mol. The Balaban J connectivity index is 2.46. The van der Waals surface area contributed by atoms with Gasteiger partial charge < -0.3 is 10.2 Å². The van der Waals surface area contributed by atoms with Crippen LogP contribution in [0.3, 0.4) is 0 Å². The molecule has 0 aromatic rings. The van der Waals surface area contributed by atoms with Gasteiger partial charge in [0.1, 0.15) is 0 Å². The van der Waals surface area contributed by atoms with Crippen LogP contribution < -0.4 is 5.32 Å². The quantitative estimate of drug-likeness (QED) is 0.831. The summed E-state index contributed by atoms with van der Waals surface area (Å²) in [5.41, 5.74) is 0.212. The lowest BCUT2D eigenvalue weighted by molar-refractivity contribution is -0.133. The second-order valence-electron chi connectivity index (χ2n) is 7.10. The number of nitrogens with one attached hydrogen (secondary N) is 1. The smallest absolute Gasteiger partial charge is 0.222 e. The van der Waals surface area contributed by atoms with Crippen molar-refractivity contribution >= 4 is 5.91 Å². The zero-order valence-electron chi connectivity index (χ0n) is 13.5. The molecule has 0 radical (unpaired) electrons. The molecule has 1 rings (SSSR count). The van der Waals surface area contributed by atoms with Crippen molar-refractivity contribution in [2.24, 2.45) is 17.3 Å². The van der Waals surface area contributed by atoms with Crippen LogP contribution in [0.4, 0.5) is 0 Å². The van der Waals surface area contributed by atoms with Gasteiger partial charge in [0.2, 0.25) is 5.91 Å². The minimum Gasteiger partial charge on any atom is -0.343 e. The molecule has 1 aliphatic rings.